The van der Waals surface area contributed by atoms with Gasteiger partial charge in [0.2, 0.25) is 0 Å². The van der Waals surface area contributed by atoms with Crippen molar-refractivity contribution >= 4 is 40.3 Å². The van der Waals surface area contributed by atoms with E-state index in [0.717, 1.165) is 12.1 Å². The van der Waals surface area contributed by atoms with Crippen molar-refractivity contribution in [2.45, 2.75) is 31.2 Å². The first-order chi connectivity index (χ1) is 17.0. The molecule has 4 rings (SSSR count). The molecule has 2 heterocycles. The number of esters is 1. The van der Waals surface area contributed by atoms with E-state index < -0.39 is 29.9 Å². The van der Waals surface area contributed by atoms with Gasteiger partial charge < -0.3 is 9.84 Å². The van der Waals surface area contributed by atoms with Crippen LogP contribution in [0.4, 0.5) is 13.2 Å². The molecular formula is C24H19Cl2F3N4O3. The predicted molar refractivity (Wildman–Crippen MR) is 127 cm³/mol. The van der Waals surface area contributed by atoms with Crippen molar-refractivity contribution in [3.63, 3.8) is 0 Å². The molecule has 0 spiro atoms. The van der Waals surface area contributed by atoms with Crippen molar-refractivity contribution in [3.05, 3.63) is 87.2 Å². The molecule has 0 bridgehead atoms. The molecule has 1 aliphatic rings. The second kappa shape index (κ2) is 10.4. The summed E-state index contributed by atoms with van der Waals surface area (Å²) >= 11 is 12.6. The van der Waals surface area contributed by atoms with Gasteiger partial charge in [-0.15, -0.1) is 5.10 Å². The highest BCUT2D eigenvalue weighted by atomic mass is 35.5. The van der Waals surface area contributed by atoms with Crippen LogP contribution in [0.15, 0.2) is 54.6 Å². The summed E-state index contributed by atoms with van der Waals surface area (Å²) in [5.74, 6) is -0.271. The highest BCUT2D eigenvalue weighted by Crippen LogP contribution is 2.38. The Bertz CT molecular complexity index is 1340. The lowest BCUT2D eigenvalue weighted by atomic mass is 9.91. The third-order valence-electron chi connectivity index (χ3n) is 5.50. The number of aryl methyl sites for hydroxylation is 1. The largest absolute Gasteiger partial charge is 0.458 e. The fraction of sp³-hybridized carbons (Fsp3) is 0.250. The van der Waals surface area contributed by atoms with E-state index >= 15 is 0 Å². The average Bonchev–Trinajstić information content (AvgIpc) is 3.22. The zero-order valence-electron chi connectivity index (χ0n) is 18.7. The molecule has 1 aliphatic heterocycles. The van der Waals surface area contributed by atoms with Crippen LogP contribution in [0.25, 0.3) is 11.1 Å². The molecule has 7 nitrogen and oxygen atoms in total. The van der Waals surface area contributed by atoms with Crippen LogP contribution in [0.3, 0.4) is 0 Å². The number of carbonyl (C=O) groups excluding carboxylic acids is 1. The Hall–Kier alpha value is -3.21. The van der Waals surface area contributed by atoms with Crippen LogP contribution in [0, 0.1) is 0 Å². The van der Waals surface area contributed by atoms with Gasteiger partial charge in [-0.05, 0) is 46.3 Å². The number of aliphatic hydroxyl groups excluding tert-OH is 1. The number of aromatic nitrogens is 4. The third-order valence-corrected chi connectivity index (χ3v) is 6.05. The molecule has 1 aromatic heterocycles. The maximum Gasteiger partial charge on any atom is 0.416 e. The van der Waals surface area contributed by atoms with Crippen molar-refractivity contribution in [2.24, 2.45) is 7.05 Å². The number of rotatable bonds is 5. The molecule has 0 unspecified atom stereocenters. The van der Waals surface area contributed by atoms with Crippen molar-refractivity contribution in [1.82, 2.24) is 20.2 Å². The molecule has 0 saturated carbocycles. The minimum Gasteiger partial charge on any atom is -0.458 e. The maximum absolute atomic E-state index is 13.2. The lowest BCUT2D eigenvalue weighted by Gasteiger charge is -2.23. The average molecular weight is 539 g/mol. The number of alkyl halides is 3. The summed E-state index contributed by atoms with van der Waals surface area (Å²) < 4.78 is 46.4. The monoisotopic (exact) mass is 538 g/mol. The molecule has 2 atom stereocenters. The van der Waals surface area contributed by atoms with Gasteiger partial charge in [0.15, 0.2) is 5.82 Å². The van der Waals surface area contributed by atoms with Crippen LogP contribution < -0.4 is 0 Å². The molecule has 0 amide bonds. The van der Waals surface area contributed by atoms with E-state index in [0.29, 0.717) is 27.3 Å². The van der Waals surface area contributed by atoms with E-state index in [2.05, 4.69) is 15.5 Å². The SMILES string of the molecule is Cn1nnnc1C(/C=C/[C@@H]1C[C@@H](O)CC(=O)O1)=C(\c1ccc(C(F)(F)F)cc1)c1ccc(Cl)cc1Cl. The van der Waals surface area contributed by atoms with Crippen molar-refractivity contribution in [2.75, 3.05) is 0 Å². The van der Waals surface area contributed by atoms with Gasteiger partial charge in [-0.3, -0.25) is 4.79 Å². The summed E-state index contributed by atoms with van der Waals surface area (Å²) in [6.07, 6.45) is -2.85. The molecule has 36 heavy (non-hydrogen) atoms. The minimum atomic E-state index is -4.51. The first-order valence-electron chi connectivity index (χ1n) is 10.7. The molecule has 3 aromatic rings. The van der Waals surface area contributed by atoms with Gasteiger partial charge in [0.25, 0.3) is 0 Å². The van der Waals surface area contributed by atoms with Crippen molar-refractivity contribution in [3.8, 4) is 0 Å². The Morgan fingerprint density at radius 2 is 1.92 bits per heavy atom. The number of carbonyl (C=O) groups is 1. The standard InChI is InChI=1S/C24H19Cl2F3N4O3/c1-33-23(30-31-32-33)19(9-7-17-11-16(34)12-21(35)36-17)22(18-8-6-15(25)10-20(18)26)13-2-4-14(5-3-13)24(27,28)29/h2-10,16-17,34H,11-12H2,1H3/b9-7+,22-19+/t16-,17-/m1/s1. The number of benzene rings is 2. The number of halogens is 5. The van der Waals surface area contributed by atoms with E-state index in [1.54, 1.807) is 31.3 Å². The van der Waals surface area contributed by atoms with E-state index in [1.807, 2.05) is 0 Å². The topological polar surface area (TPSA) is 90.1 Å². The highest BCUT2D eigenvalue weighted by molar-refractivity contribution is 6.36. The molecule has 1 fully saturated rings. The zero-order chi connectivity index (χ0) is 26.0. The van der Waals surface area contributed by atoms with Crippen LogP contribution in [0.5, 0.6) is 0 Å². The summed E-state index contributed by atoms with van der Waals surface area (Å²) in [6, 6.07) is 9.33. The van der Waals surface area contributed by atoms with Gasteiger partial charge in [-0.25, -0.2) is 4.68 Å². The fourth-order valence-corrected chi connectivity index (χ4v) is 4.33. The summed E-state index contributed by atoms with van der Waals surface area (Å²) in [4.78, 5) is 11.8. The minimum absolute atomic E-state index is 0.0998. The normalized spacial score (nSPS) is 19.4. The molecular weight excluding hydrogens is 520 g/mol. The third kappa shape index (κ3) is 5.77. The Morgan fingerprint density at radius 1 is 1.19 bits per heavy atom. The van der Waals surface area contributed by atoms with Gasteiger partial charge in [-0.1, -0.05) is 47.5 Å². The fourth-order valence-electron chi connectivity index (χ4n) is 3.83. The van der Waals surface area contributed by atoms with Gasteiger partial charge in [0, 0.05) is 40.2 Å². The quantitative estimate of drug-likeness (QED) is 0.358. The smallest absolute Gasteiger partial charge is 0.416 e. The number of allylic oxidation sites excluding steroid dienone is 2. The molecule has 0 radical (unpaired) electrons. The molecule has 2 aromatic carbocycles. The number of hydrogen-bond acceptors (Lipinski definition) is 6. The first kappa shape index (κ1) is 25.9. The summed E-state index contributed by atoms with van der Waals surface area (Å²) in [5.41, 5.74) is 0.859. The summed E-state index contributed by atoms with van der Waals surface area (Å²) in [5, 5.41) is 22.2. The molecule has 0 aliphatic carbocycles. The van der Waals surface area contributed by atoms with Gasteiger partial charge in [-0.2, -0.15) is 13.2 Å². The van der Waals surface area contributed by atoms with Crippen LogP contribution in [0.1, 0.15) is 35.4 Å². The highest BCUT2D eigenvalue weighted by Gasteiger charge is 2.31. The van der Waals surface area contributed by atoms with Gasteiger partial charge in [0.05, 0.1) is 18.1 Å². The number of cyclic esters (lactones) is 1. The van der Waals surface area contributed by atoms with Gasteiger partial charge >= 0.3 is 12.1 Å². The molecule has 12 heteroatoms. The van der Waals surface area contributed by atoms with Crippen molar-refractivity contribution < 1.29 is 27.8 Å². The first-order valence-corrected chi connectivity index (χ1v) is 11.4. The van der Waals surface area contributed by atoms with E-state index in [1.165, 1.54) is 22.9 Å². The van der Waals surface area contributed by atoms with Crippen LogP contribution in [-0.2, 0) is 22.8 Å². The maximum atomic E-state index is 13.2. The van der Waals surface area contributed by atoms with Crippen molar-refractivity contribution in [1.29, 1.82) is 0 Å². The zero-order valence-corrected chi connectivity index (χ0v) is 20.2. The lowest BCUT2D eigenvalue weighted by molar-refractivity contribution is -0.156. The number of tetrazole rings is 1. The Morgan fingerprint density at radius 3 is 2.50 bits per heavy atom. The number of nitrogens with zero attached hydrogens (tertiary/aromatic N) is 4. The lowest BCUT2D eigenvalue weighted by Crippen LogP contribution is -2.31. The van der Waals surface area contributed by atoms with Crippen LogP contribution >= 0.6 is 23.2 Å². The van der Waals surface area contributed by atoms with Crippen LogP contribution in [-0.4, -0.2) is 43.5 Å². The Labute approximate surface area is 213 Å². The van der Waals surface area contributed by atoms with E-state index in [9.17, 15) is 23.1 Å². The number of hydrogen-bond donors (Lipinski definition) is 1. The second-order valence-electron chi connectivity index (χ2n) is 8.10. The summed E-state index contributed by atoms with van der Waals surface area (Å²) in [6.45, 7) is 0. The van der Waals surface area contributed by atoms with Crippen LogP contribution in [0.2, 0.25) is 10.0 Å². The number of aliphatic hydroxyl groups is 1. The van der Waals surface area contributed by atoms with E-state index in [4.69, 9.17) is 27.9 Å². The predicted octanol–water partition coefficient (Wildman–Crippen LogP) is 5.12. The molecule has 1 saturated heterocycles. The Kier molecular flexibility index (Phi) is 7.49. The number of ether oxygens (including phenoxy) is 1. The van der Waals surface area contributed by atoms with E-state index in [-0.39, 0.29) is 23.7 Å². The summed E-state index contributed by atoms with van der Waals surface area (Å²) in [7, 11) is 1.60. The Balaban J connectivity index is 1.95. The second-order valence-corrected chi connectivity index (χ2v) is 8.94. The molecule has 188 valence electrons. The van der Waals surface area contributed by atoms with Gasteiger partial charge in [0.1, 0.15) is 6.10 Å². The molecule has 1 N–H and O–H groups in total.